The van der Waals surface area contributed by atoms with Gasteiger partial charge in [-0.05, 0) is 6.07 Å². The van der Waals surface area contributed by atoms with E-state index in [-0.39, 0.29) is 29.5 Å². The first-order chi connectivity index (χ1) is 10.0. The number of hydrogen-bond donors (Lipinski definition) is 1. The van der Waals surface area contributed by atoms with Crippen molar-refractivity contribution in [3.05, 3.63) is 52.1 Å². The number of aromatic nitrogens is 2. The van der Waals surface area contributed by atoms with Crippen LogP contribution in [0, 0.1) is 10.1 Å². The summed E-state index contributed by atoms with van der Waals surface area (Å²) in [5.74, 6) is 0.195. The number of rotatable bonds is 5. The van der Waals surface area contributed by atoms with Gasteiger partial charge in [-0.1, -0.05) is 6.07 Å². The van der Waals surface area contributed by atoms with Gasteiger partial charge >= 0.3 is 5.69 Å². The minimum atomic E-state index is -0.581. The van der Waals surface area contributed by atoms with Gasteiger partial charge < -0.3 is 14.6 Å². The van der Waals surface area contributed by atoms with Crippen molar-refractivity contribution in [2.24, 2.45) is 0 Å². The number of carbonyl (C=O) groups is 1. The minimum Gasteiger partial charge on any atom is -0.490 e. The maximum Gasteiger partial charge on any atom is 0.311 e. The molecule has 0 fully saturated rings. The van der Waals surface area contributed by atoms with E-state index < -0.39 is 4.92 Å². The van der Waals surface area contributed by atoms with Gasteiger partial charge in [-0.2, -0.15) is 0 Å². The molecular weight excluding hydrogens is 276 g/mol. The number of ether oxygens (including phenoxy) is 1. The summed E-state index contributed by atoms with van der Waals surface area (Å²) >= 11 is 0. The molecule has 1 amide bonds. The van der Waals surface area contributed by atoms with Crippen LogP contribution in [0.1, 0.15) is 16.2 Å². The predicted molar refractivity (Wildman–Crippen MR) is 74.0 cm³/mol. The molecule has 8 nitrogen and oxygen atoms in total. The Labute approximate surface area is 120 Å². The highest BCUT2D eigenvalue weighted by Crippen LogP contribution is 2.31. The van der Waals surface area contributed by atoms with Crippen molar-refractivity contribution in [2.45, 2.75) is 6.54 Å². The monoisotopic (exact) mass is 290 g/mol. The number of nitrogens with one attached hydrogen (secondary N) is 1. The lowest BCUT2D eigenvalue weighted by Gasteiger charge is -2.17. The Balaban J connectivity index is 2.30. The van der Waals surface area contributed by atoms with Crippen LogP contribution in [-0.4, -0.2) is 39.9 Å². The molecule has 21 heavy (non-hydrogen) atoms. The molecule has 0 bridgehead atoms. The second-order valence-corrected chi connectivity index (χ2v) is 4.31. The van der Waals surface area contributed by atoms with Crippen LogP contribution < -0.4 is 4.74 Å². The highest BCUT2D eigenvalue weighted by molar-refractivity contribution is 5.98. The van der Waals surface area contributed by atoms with Gasteiger partial charge in [-0.25, -0.2) is 4.98 Å². The smallest absolute Gasteiger partial charge is 0.311 e. The second-order valence-electron chi connectivity index (χ2n) is 4.31. The molecule has 0 atom stereocenters. The standard InChI is InChI=1S/C13H14N4O4/c1-16(8-11-14-6-7-15-11)13(18)9-4-3-5-10(17(19)20)12(9)21-2/h3-7H,8H2,1-2H3,(H,14,15). The number of amides is 1. The Hall–Kier alpha value is -2.90. The van der Waals surface area contributed by atoms with E-state index >= 15 is 0 Å². The molecule has 0 saturated carbocycles. The molecule has 0 aliphatic carbocycles. The van der Waals surface area contributed by atoms with Gasteiger partial charge in [0.15, 0.2) is 0 Å². The largest absolute Gasteiger partial charge is 0.490 e. The maximum atomic E-state index is 12.4. The molecule has 2 rings (SSSR count). The quantitative estimate of drug-likeness (QED) is 0.665. The first-order valence-electron chi connectivity index (χ1n) is 6.09. The van der Waals surface area contributed by atoms with Crippen molar-refractivity contribution < 1.29 is 14.5 Å². The summed E-state index contributed by atoms with van der Waals surface area (Å²) in [4.78, 5) is 31.1. The summed E-state index contributed by atoms with van der Waals surface area (Å²) in [6.45, 7) is 0.262. The zero-order chi connectivity index (χ0) is 15.4. The van der Waals surface area contributed by atoms with E-state index in [4.69, 9.17) is 4.74 Å². The third-order valence-electron chi connectivity index (χ3n) is 2.91. The lowest BCUT2D eigenvalue weighted by Crippen LogP contribution is -2.27. The predicted octanol–water partition coefficient (Wildman–Crippen LogP) is 1.60. The number of methoxy groups -OCH3 is 1. The Kier molecular flexibility index (Phi) is 4.17. The van der Waals surface area contributed by atoms with Crippen molar-refractivity contribution >= 4 is 11.6 Å². The molecule has 8 heteroatoms. The summed E-state index contributed by atoms with van der Waals surface area (Å²) in [7, 11) is 2.88. The number of nitro groups is 1. The van der Waals surface area contributed by atoms with E-state index in [2.05, 4.69) is 9.97 Å². The first-order valence-corrected chi connectivity index (χ1v) is 6.09. The molecule has 0 saturated heterocycles. The van der Waals surface area contributed by atoms with Crippen molar-refractivity contribution in [3.63, 3.8) is 0 Å². The third kappa shape index (κ3) is 2.99. The van der Waals surface area contributed by atoms with Gasteiger partial charge in [-0.3, -0.25) is 14.9 Å². The highest BCUT2D eigenvalue weighted by Gasteiger charge is 2.24. The molecule has 0 aliphatic heterocycles. The van der Waals surface area contributed by atoms with Gasteiger partial charge in [0, 0.05) is 25.5 Å². The number of H-pyrrole nitrogens is 1. The number of hydrogen-bond acceptors (Lipinski definition) is 5. The molecule has 0 unspecified atom stereocenters. The van der Waals surface area contributed by atoms with Crippen LogP contribution in [0.2, 0.25) is 0 Å². The highest BCUT2D eigenvalue weighted by atomic mass is 16.6. The van der Waals surface area contributed by atoms with Gasteiger partial charge in [0.2, 0.25) is 5.75 Å². The number of benzene rings is 1. The number of carbonyl (C=O) groups excluding carboxylic acids is 1. The molecule has 2 aromatic rings. The summed E-state index contributed by atoms with van der Waals surface area (Å²) in [6, 6.07) is 4.24. The average molecular weight is 290 g/mol. The second kappa shape index (κ2) is 6.04. The van der Waals surface area contributed by atoms with Gasteiger partial charge in [0.25, 0.3) is 5.91 Å². The molecular formula is C13H14N4O4. The first kappa shape index (κ1) is 14.5. The van der Waals surface area contributed by atoms with E-state index in [1.165, 1.54) is 30.2 Å². The van der Waals surface area contributed by atoms with Gasteiger partial charge in [0.05, 0.1) is 24.1 Å². The summed E-state index contributed by atoms with van der Waals surface area (Å²) in [5, 5.41) is 11.0. The van der Waals surface area contributed by atoms with E-state index in [0.29, 0.717) is 5.82 Å². The molecule has 110 valence electrons. The fourth-order valence-electron chi connectivity index (χ4n) is 1.94. The van der Waals surface area contributed by atoms with Crippen molar-refractivity contribution in [1.82, 2.24) is 14.9 Å². The van der Waals surface area contributed by atoms with E-state index in [0.717, 1.165) is 0 Å². The van der Waals surface area contributed by atoms with Gasteiger partial charge in [0.1, 0.15) is 5.82 Å². The number of para-hydroxylation sites is 1. The number of nitro benzene ring substituents is 1. The van der Waals surface area contributed by atoms with Crippen LogP contribution in [-0.2, 0) is 6.54 Å². The summed E-state index contributed by atoms with van der Waals surface area (Å²) < 4.78 is 5.03. The molecule has 0 aliphatic rings. The van der Waals surface area contributed by atoms with Crippen molar-refractivity contribution in [2.75, 3.05) is 14.2 Å². The van der Waals surface area contributed by atoms with Crippen LogP contribution in [0.25, 0.3) is 0 Å². The normalized spacial score (nSPS) is 10.2. The van der Waals surface area contributed by atoms with Crippen LogP contribution in [0.15, 0.2) is 30.6 Å². The Morgan fingerprint density at radius 3 is 2.86 bits per heavy atom. The van der Waals surface area contributed by atoms with Crippen LogP contribution >= 0.6 is 0 Å². The minimum absolute atomic E-state index is 0.0428. The van der Waals surface area contributed by atoms with E-state index in [9.17, 15) is 14.9 Å². The molecule has 1 heterocycles. The molecule has 0 radical (unpaired) electrons. The molecule has 1 aromatic carbocycles. The molecule has 1 aromatic heterocycles. The Morgan fingerprint density at radius 1 is 1.52 bits per heavy atom. The Bertz CT molecular complexity index is 654. The number of nitrogens with zero attached hydrogens (tertiary/aromatic N) is 3. The third-order valence-corrected chi connectivity index (χ3v) is 2.91. The fourth-order valence-corrected chi connectivity index (χ4v) is 1.94. The van der Waals surface area contributed by atoms with Crippen LogP contribution in [0.3, 0.4) is 0 Å². The van der Waals surface area contributed by atoms with Crippen LogP contribution in [0.4, 0.5) is 5.69 Å². The maximum absolute atomic E-state index is 12.4. The fraction of sp³-hybridized carbons (Fsp3) is 0.231. The molecule has 0 spiro atoms. The summed E-state index contributed by atoms with van der Waals surface area (Å²) in [6.07, 6.45) is 3.24. The van der Waals surface area contributed by atoms with E-state index in [1.54, 1.807) is 19.4 Å². The molecule has 1 N–H and O–H groups in total. The SMILES string of the molecule is COc1c(C(=O)N(C)Cc2ncc[nH]2)cccc1[N+](=O)[O-]. The van der Waals surface area contributed by atoms with Crippen LogP contribution in [0.5, 0.6) is 5.75 Å². The summed E-state index contributed by atoms with van der Waals surface area (Å²) in [5.41, 5.74) is -0.101. The van der Waals surface area contributed by atoms with Crippen molar-refractivity contribution in [3.8, 4) is 5.75 Å². The lowest BCUT2D eigenvalue weighted by molar-refractivity contribution is -0.385. The average Bonchev–Trinajstić information content (AvgIpc) is 2.98. The zero-order valence-corrected chi connectivity index (χ0v) is 11.6. The number of aromatic amines is 1. The number of imidazole rings is 1. The zero-order valence-electron chi connectivity index (χ0n) is 11.6. The Morgan fingerprint density at radius 2 is 2.29 bits per heavy atom. The van der Waals surface area contributed by atoms with Gasteiger partial charge in [-0.15, -0.1) is 0 Å². The van der Waals surface area contributed by atoms with E-state index in [1.807, 2.05) is 0 Å². The lowest BCUT2D eigenvalue weighted by atomic mass is 10.1. The topological polar surface area (TPSA) is 101 Å². The van der Waals surface area contributed by atoms with Crippen molar-refractivity contribution in [1.29, 1.82) is 0 Å².